The highest BCUT2D eigenvalue weighted by Crippen LogP contribution is 2.30. The van der Waals surface area contributed by atoms with E-state index < -0.39 is 10.1 Å². The van der Waals surface area contributed by atoms with Gasteiger partial charge in [-0.05, 0) is 29.8 Å². The molecule has 0 saturated carbocycles. The van der Waals surface area contributed by atoms with Gasteiger partial charge in [0.15, 0.2) is 0 Å². The van der Waals surface area contributed by atoms with E-state index in [4.69, 9.17) is 9.66 Å². The van der Waals surface area contributed by atoms with Crippen molar-refractivity contribution in [1.29, 1.82) is 0 Å². The van der Waals surface area contributed by atoms with Gasteiger partial charge >= 0.3 is 0 Å². The molecule has 2 aromatic carbocycles. The monoisotopic (exact) mass is 308 g/mol. The average Bonchev–Trinajstić information content (AvgIpc) is 2.41. The van der Waals surface area contributed by atoms with E-state index in [-0.39, 0.29) is 28.6 Å². The maximum Gasteiger partial charge on any atom is 0.294 e. The summed E-state index contributed by atoms with van der Waals surface area (Å²) < 4.78 is 30.6. The van der Waals surface area contributed by atoms with Gasteiger partial charge in [-0.1, -0.05) is 12.1 Å². The van der Waals surface area contributed by atoms with Gasteiger partial charge in [0.05, 0.1) is 11.4 Å². The molecule has 0 amide bonds. The van der Waals surface area contributed by atoms with Crippen molar-refractivity contribution < 1.29 is 23.2 Å². The van der Waals surface area contributed by atoms with Gasteiger partial charge in [0.2, 0.25) is 0 Å². The summed E-state index contributed by atoms with van der Waals surface area (Å²) in [5, 5.41) is 26.3. The Bertz CT molecular complexity index is 770. The van der Waals surface area contributed by atoms with Crippen molar-refractivity contribution in [2.45, 2.75) is 11.4 Å². The molecule has 0 bridgehead atoms. The minimum Gasteiger partial charge on any atom is -0.508 e. The highest BCUT2D eigenvalue weighted by atomic mass is 32.2. The molecule has 0 aliphatic rings. The maximum absolute atomic E-state index is 10.9. The molecule has 7 nitrogen and oxygen atoms in total. The van der Waals surface area contributed by atoms with Crippen LogP contribution in [0.15, 0.2) is 57.6 Å². The molecule has 0 aromatic heterocycles. The first-order valence-electron chi connectivity index (χ1n) is 5.82. The zero-order valence-corrected chi connectivity index (χ0v) is 11.5. The van der Waals surface area contributed by atoms with Gasteiger partial charge in [0.25, 0.3) is 10.1 Å². The van der Waals surface area contributed by atoms with E-state index in [0.717, 1.165) is 6.07 Å². The molecule has 2 rings (SSSR count). The summed E-state index contributed by atoms with van der Waals surface area (Å²) in [5.41, 5.74) is 0.895. The van der Waals surface area contributed by atoms with Gasteiger partial charge in [-0.15, -0.1) is 0 Å². The van der Waals surface area contributed by atoms with Gasteiger partial charge in [-0.2, -0.15) is 18.6 Å². The maximum atomic E-state index is 10.9. The number of hydrogen-bond acceptors (Lipinski definition) is 6. The smallest absolute Gasteiger partial charge is 0.294 e. The summed E-state index contributed by atoms with van der Waals surface area (Å²) in [6.45, 7) is 0.173. The first-order chi connectivity index (χ1) is 9.86. The van der Waals surface area contributed by atoms with Crippen LogP contribution in [-0.4, -0.2) is 23.2 Å². The summed E-state index contributed by atoms with van der Waals surface area (Å²) in [4.78, 5) is -0.195. The lowest BCUT2D eigenvalue weighted by atomic mass is 10.2. The Labute approximate surface area is 121 Å². The topological polar surface area (TPSA) is 120 Å². The molecule has 0 fully saturated rings. The fraction of sp³-hybridized carbons (Fsp3) is 0.0769. The van der Waals surface area contributed by atoms with E-state index in [0.29, 0.717) is 5.56 Å². The molecule has 0 radical (unpaired) electrons. The van der Waals surface area contributed by atoms with Crippen LogP contribution < -0.4 is 0 Å². The summed E-state index contributed by atoms with van der Waals surface area (Å²) in [6.07, 6.45) is 0. The summed E-state index contributed by atoms with van der Waals surface area (Å²) in [5.74, 6) is -0.271. The highest BCUT2D eigenvalue weighted by molar-refractivity contribution is 7.85. The van der Waals surface area contributed by atoms with E-state index in [1.54, 1.807) is 0 Å². The van der Waals surface area contributed by atoms with Crippen LogP contribution in [0, 0.1) is 0 Å². The molecule has 0 spiro atoms. The predicted octanol–water partition coefficient (Wildman–Crippen LogP) is 2.63. The van der Waals surface area contributed by atoms with Crippen molar-refractivity contribution in [3.05, 3.63) is 48.0 Å². The molecule has 0 heterocycles. The number of hydrogen-bond donors (Lipinski definition) is 3. The van der Waals surface area contributed by atoms with E-state index in [1.807, 2.05) is 0 Å². The fourth-order valence-corrected chi connectivity index (χ4v) is 2.04. The number of benzene rings is 2. The molecule has 8 heteroatoms. The number of phenols is 2. The lowest BCUT2D eigenvalue weighted by Crippen LogP contribution is -1.97. The second-order valence-corrected chi connectivity index (χ2v) is 5.61. The number of nitrogens with zero attached hydrogens (tertiary/aromatic N) is 2. The van der Waals surface area contributed by atoms with Gasteiger partial charge < -0.3 is 10.2 Å². The normalized spacial score (nSPS) is 11.9. The van der Waals surface area contributed by atoms with E-state index in [2.05, 4.69) is 10.2 Å². The van der Waals surface area contributed by atoms with Crippen LogP contribution in [0.1, 0.15) is 5.56 Å². The zero-order valence-electron chi connectivity index (χ0n) is 10.7. The van der Waals surface area contributed by atoms with Gasteiger partial charge in [0.1, 0.15) is 17.2 Å². The standard InChI is InChI=1S/C13H12N2O5S/c16-10-3-6-12(13(17)7-10)15-14-8-9-1-4-11(5-2-9)21(18,19)20/h1-7,16-17H,8H2,(H,18,19,20). The number of aromatic hydroxyl groups is 2. The molecule has 0 saturated heterocycles. The SMILES string of the molecule is O=S(=O)(O)c1ccc(CN=Nc2ccc(O)cc2O)cc1. The fourth-order valence-electron chi connectivity index (χ4n) is 1.56. The van der Waals surface area contributed by atoms with Crippen molar-refractivity contribution in [3.63, 3.8) is 0 Å². The lowest BCUT2D eigenvalue weighted by Gasteiger charge is -2.00. The third kappa shape index (κ3) is 4.01. The van der Waals surface area contributed by atoms with Crippen LogP contribution >= 0.6 is 0 Å². The summed E-state index contributed by atoms with van der Waals surface area (Å²) in [6, 6.07) is 9.45. The molecule has 0 aliphatic carbocycles. The molecule has 0 unspecified atom stereocenters. The van der Waals surface area contributed by atoms with Crippen LogP contribution in [-0.2, 0) is 16.7 Å². The molecular formula is C13H12N2O5S. The number of rotatable bonds is 4. The van der Waals surface area contributed by atoms with Gasteiger partial charge in [-0.3, -0.25) is 4.55 Å². The summed E-state index contributed by atoms with van der Waals surface area (Å²) in [7, 11) is -4.20. The Morgan fingerprint density at radius 3 is 2.24 bits per heavy atom. The molecule has 3 N–H and O–H groups in total. The molecule has 0 atom stereocenters. The van der Waals surface area contributed by atoms with Crippen LogP contribution in [0.3, 0.4) is 0 Å². The lowest BCUT2D eigenvalue weighted by molar-refractivity contribution is 0.451. The van der Waals surface area contributed by atoms with E-state index in [1.165, 1.54) is 36.4 Å². The molecular weight excluding hydrogens is 296 g/mol. The minimum absolute atomic E-state index is 0.0766. The van der Waals surface area contributed by atoms with Crippen LogP contribution in [0.25, 0.3) is 0 Å². The molecule has 110 valence electrons. The Hall–Kier alpha value is -2.45. The van der Waals surface area contributed by atoms with Crippen molar-refractivity contribution in [3.8, 4) is 11.5 Å². The molecule has 2 aromatic rings. The van der Waals surface area contributed by atoms with E-state index in [9.17, 15) is 13.5 Å². The quantitative estimate of drug-likeness (QED) is 0.592. The second-order valence-electron chi connectivity index (χ2n) is 4.19. The average molecular weight is 308 g/mol. The van der Waals surface area contributed by atoms with Crippen molar-refractivity contribution >= 4 is 15.8 Å². The largest absolute Gasteiger partial charge is 0.508 e. The Morgan fingerprint density at radius 1 is 1.00 bits per heavy atom. The zero-order chi connectivity index (χ0) is 15.5. The first-order valence-corrected chi connectivity index (χ1v) is 7.26. The molecule has 0 aliphatic heterocycles. The number of phenolic OH excluding ortho intramolecular Hbond substituents is 2. The van der Waals surface area contributed by atoms with Gasteiger partial charge in [-0.25, -0.2) is 0 Å². The van der Waals surface area contributed by atoms with Crippen molar-refractivity contribution in [2.24, 2.45) is 10.2 Å². The second kappa shape index (κ2) is 5.90. The van der Waals surface area contributed by atoms with Gasteiger partial charge in [0, 0.05) is 6.07 Å². The van der Waals surface area contributed by atoms with E-state index >= 15 is 0 Å². The van der Waals surface area contributed by atoms with Crippen LogP contribution in [0.5, 0.6) is 11.5 Å². The van der Waals surface area contributed by atoms with Crippen LogP contribution in [0.4, 0.5) is 5.69 Å². The van der Waals surface area contributed by atoms with Crippen molar-refractivity contribution in [2.75, 3.05) is 0 Å². The Kier molecular flexibility index (Phi) is 4.20. The Morgan fingerprint density at radius 2 is 1.67 bits per heavy atom. The third-order valence-corrected chi connectivity index (χ3v) is 3.48. The van der Waals surface area contributed by atoms with Crippen LogP contribution in [0.2, 0.25) is 0 Å². The third-order valence-electron chi connectivity index (χ3n) is 2.61. The highest BCUT2D eigenvalue weighted by Gasteiger charge is 2.08. The van der Waals surface area contributed by atoms with Crippen molar-refractivity contribution in [1.82, 2.24) is 0 Å². The predicted molar refractivity (Wildman–Crippen MR) is 74.2 cm³/mol. The Balaban J connectivity index is 2.07. The molecule has 21 heavy (non-hydrogen) atoms. The number of azo groups is 1. The first kappa shape index (κ1) is 14.9. The minimum atomic E-state index is -4.20. The summed E-state index contributed by atoms with van der Waals surface area (Å²) >= 11 is 0.